The van der Waals surface area contributed by atoms with Gasteiger partial charge >= 0.3 is 6.09 Å². The Bertz CT molecular complexity index is 454. The van der Waals surface area contributed by atoms with Crippen molar-refractivity contribution in [2.24, 2.45) is 17.3 Å². The number of ether oxygens (including phenoxy) is 2. The quantitative estimate of drug-likeness (QED) is 0.859. The highest BCUT2D eigenvalue weighted by atomic mass is 16.5. The van der Waals surface area contributed by atoms with Gasteiger partial charge in [-0.25, -0.2) is 4.79 Å². The first-order chi connectivity index (χ1) is 11.1. The minimum absolute atomic E-state index is 0.166. The molecule has 2 aliphatic heterocycles. The van der Waals surface area contributed by atoms with Crippen molar-refractivity contribution in [3.63, 3.8) is 0 Å². The van der Waals surface area contributed by atoms with Crippen LogP contribution in [0.1, 0.15) is 39.0 Å². The molecule has 0 radical (unpaired) electrons. The van der Waals surface area contributed by atoms with Crippen LogP contribution in [0.4, 0.5) is 4.79 Å². The van der Waals surface area contributed by atoms with E-state index in [2.05, 4.69) is 12.2 Å². The van der Waals surface area contributed by atoms with E-state index in [1.807, 2.05) is 0 Å². The predicted octanol–water partition coefficient (Wildman–Crippen LogP) is 1.79. The molecule has 1 N–H and O–H groups in total. The van der Waals surface area contributed by atoms with Crippen molar-refractivity contribution in [2.45, 2.75) is 45.1 Å². The molecule has 3 rings (SSSR count). The second kappa shape index (κ2) is 6.67. The van der Waals surface area contributed by atoms with Crippen LogP contribution in [-0.4, -0.2) is 56.4 Å². The summed E-state index contributed by atoms with van der Waals surface area (Å²) in [4.78, 5) is 25.8. The van der Waals surface area contributed by atoms with Crippen molar-refractivity contribution in [3.8, 4) is 0 Å². The van der Waals surface area contributed by atoms with Crippen molar-refractivity contribution in [2.75, 3.05) is 33.4 Å². The van der Waals surface area contributed by atoms with E-state index >= 15 is 0 Å². The van der Waals surface area contributed by atoms with Crippen LogP contribution >= 0.6 is 0 Å². The molecule has 130 valence electrons. The lowest BCUT2D eigenvalue weighted by atomic mass is 9.89. The SMILES string of the molecule is COC(=O)N1CCC([C@H](C)NC(=O)[C@H]2CC23CCOCC3)CC1. The maximum absolute atomic E-state index is 12.5. The number of carbonyl (C=O) groups excluding carboxylic acids is 2. The van der Waals surface area contributed by atoms with Crippen LogP contribution in [0.5, 0.6) is 0 Å². The van der Waals surface area contributed by atoms with Gasteiger partial charge in [0.25, 0.3) is 0 Å². The van der Waals surface area contributed by atoms with E-state index in [0.717, 1.165) is 45.3 Å². The average molecular weight is 324 g/mol. The number of rotatable bonds is 3. The van der Waals surface area contributed by atoms with Crippen LogP contribution in [0.15, 0.2) is 0 Å². The van der Waals surface area contributed by atoms with Gasteiger partial charge in [-0.2, -0.15) is 0 Å². The molecule has 2 amide bonds. The number of carbonyl (C=O) groups is 2. The molecule has 1 saturated carbocycles. The fraction of sp³-hybridized carbons (Fsp3) is 0.882. The Labute approximate surface area is 137 Å². The highest BCUT2D eigenvalue weighted by molar-refractivity contribution is 5.82. The lowest BCUT2D eigenvalue weighted by molar-refractivity contribution is -0.124. The first-order valence-electron chi connectivity index (χ1n) is 8.77. The molecule has 1 spiro atoms. The van der Waals surface area contributed by atoms with Crippen molar-refractivity contribution in [1.29, 1.82) is 0 Å². The molecular weight excluding hydrogens is 296 g/mol. The monoisotopic (exact) mass is 324 g/mol. The number of hydrogen-bond donors (Lipinski definition) is 1. The minimum atomic E-state index is -0.250. The van der Waals surface area contributed by atoms with Gasteiger partial charge in [0.15, 0.2) is 0 Å². The molecule has 0 unspecified atom stereocenters. The highest BCUT2D eigenvalue weighted by Crippen LogP contribution is 2.59. The standard InChI is InChI=1S/C17H28N2O4/c1-12(13-3-7-19(8-4-13)16(21)22-2)18-15(20)14-11-17(14)5-9-23-10-6-17/h12-14H,3-11H2,1-2H3,(H,18,20)/t12-,14+/m0/s1. The summed E-state index contributed by atoms with van der Waals surface area (Å²) in [6.45, 7) is 5.11. The zero-order chi connectivity index (χ0) is 16.4. The zero-order valence-electron chi connectivity index (χ0n) is 14.2. The number of nitrogens with zero attached hydrogens (tertiary/aromatic N) is 1. The lowest BCUT2D eigenvalue weighted by Gasteiger charge is -2.34. The molecule has 2 heterocycles. The van der Waals surface area contributed by atoms with E-state index in [1.54, 1.807) is 4.90 Å². The maximum atomic E-state index is 12.5. The third-order valence-corrected chi connectivity index (χ3v) is 6.04. The number of nitrogens with one attached hydrogen (secondary N) is 1. The van der Waals surface area contributed by atoms with Gasteiger partial charge in [0.1, 0.15) is 0 Å². The number of likely N-dealkylation sites (tertiary alicyclic amines) is 1. The molecule has 23 heavy (non-hydrogen) atoms. The van der Waals surface area contributed by atoms with Gasteiger partial charge in [-0.05, 0) is 50.4 Å². The molecule has 1 aliphatic carbocycles. The predicted molar refractivity (Wildman–Crippen MR) is 84.9 cm³/mol. The van der Waals surface area contributed by atoms with Crippen LogP contribution in [0.3, 0.4) is 0 Å². The van der Waals surface area contributed by atoms with Crippen LogP contribution in [0, 0.1) is 17.3 Å². The molecule has 0 aromatic rings. The molecule has 2 atom stereocenters. The normalized spacial score (nSPS) is 28.3. The van der Waals surface area contributed by atoms with Gasteiger partial charge < -0.3 is 19.7 Å². The van der Waals surface area contributed by atoms with E-state index in [4.69, 9.17) is 9.47 Å². The van der Waals surface area contributed by atoms with Gasteiger partial charge in [-0.1, -0.05) is 0 Å². The summed E-state index contributed by atoms with van der Waals surface area (Å²) in [5.41, 5.74) is 0.232. The Morgan fingerprint density at radius 3 is 2.52 bits per heavy atom. The number of piperidine rings is 1. The molecule has 3 aliphatic rings. The van der Waals surface area contributed by atoms with E-state index in [-0.39, 0.29) is 29.4 Å². The van der Waals surface area contributed by atoms with Crippen LogP contribution in [0.25, 0.3) is 0 Å². The Morgan fingerprint density at radius 2 is 1.91 bits per heavy atom. The second-order valence-corrected chi connectivity index (χ2v) is 7.32. The summed E-state index contributed by atoms with van der Waals surface area (Å²) in [5.74, 6) is 0.836. The van der Waals surface area contributed by atoms with E-state index in [0.29, 0.717) is 19.0 Å². The van der Waals surface area contributed by atoms with Crippen LogP contribution < -0.4 is 5.32 Å². The maximum Gasteiger partial charge on any atom is 0.409 e. The molecule has 6 nitrogen and oxygen atoms in total. The fourth-order valence-electron chi connectivity index (χ4n) is 4.20. The third-order valence-electron chi connectivity index (χ3n) is 6.04. The Morgan fingerprint density at radius 1 is 1.26 bits per heavy atom. The summed E-state index contributed by atoms with van der Waals surface area (Å²) in [5, 5.41) is 3.23. The smallest absolute Gasteiger partial charge is 0.409 e. The Hall–Kier alpha value is -1.30. The average Bonchev–Trinajstić information content (AvgIpc) is 3.28. The van der Waals surface area contributed by atoms with Gasteiger partial charge in [-0.3, -0.25) is 4.79 Å². The van der Waals surface area contributed by atoms with E-state index in [9.17, 15) is 9.59 Å². The number of methoxy groups -OCH3 is 1. The third kappa shape index (κ3) is 3.47. The first kappa shape index (κ1) is 16.6. The van der Waals surface area contributed by atoms with Gasteiger partial charge in [-0.15, -0.1) is 0 Å². The van der Waals surface area contributed by atoms with Crippen molar-refractivity contribution >= 4 is 12.0 Å². The van der Waals surface area contributed by atoms with Crippen molar-refractivity contribution in [1.82, 2.24) is 10.2 Å². The Balaban J connectivity index is 1.44. The topological polar surface area (TPSA) is 67.9 Å². The highest BCUT2D eigenvalue weighted by Gasteiger charge is 2.58. The minimum Gasteiger partial charge on any atom is -0.453 e. The molecule has 0 aromatic carbocycles. The lowest BCUT2D eigenvalue weighted by Crippen LogP contribution is -2.46. The first-order valence-corrected chi connectivity index (χ1v) is 8.77. The summed E-state index contributed by atoms with van der Waals surface area (Å²) in [6, 6.07) is 0.166. The van der Waals surface area contributed by atoms with Gasteiger partial charge in [0, 0.05) is 38.3 Å². The fourth-order valence-corrected chi connectivity index (χ4v) is 4.20. The van der Waals surface area contributed by atoms with Gasteiger partial charge in [0.2, 0.25) is 5.91 Å². The Kier molecular flexibility index (Phi) is 4.80. The molecular formula is C17H28N2O4. The van der Waals surface area contributed by atoms with E-state index in [1.165, 1.54) is 7.11 Å². The summed E-state index contributed by atoms with van der Waals surface area (Å²) < 4.78 is 10.2. The largest absolute Gasteiger partial charge is 0.453 e. The molecule has 0 bridgehead atoms. The second-order valence-electron chi connectivity index (χ2n) is 7.32. The van der Waals surface area contributed by atoms with Crippen LogP contribution in [0.2, 0.25) is 0 Å². The summed E-state index contributed by atoms with van der Waals surface area (Å²) in [6.07, 6.45) is 4.66. The van der Waals surface area contributed by atoms with Crippen LogP contribution in [-0.2, 0) is 14.3 Å². The number of hydrogen-bond acceptors (Lipinski definition) is 4. The number of amides is 2. The molecule has 6 heteroatoms. The van der Waals surface area contributed by atoms with Crippen molar-refractivity contribution in [3.05, 3.63) is 0 Å². The molecule has 0 aromatic heterocycles. The molecule has 3 fully saturated rings. The summed E-state index contributed by atoms with van der Waals surface area (Å²) in [7, 11) is 1.42. The molecule has 2 saturated heterocycles. The summed E-state index contributed by atoms with van der Waals surface area (Å²) >= 11 is 0. The zero-order valence-corrected chi connectivity index (χ0v) is 14.2. The van der Waals surface area contributed by atoms with Gasteiger partial charge in [0.05, 0.1) is 7.11 Å². The van der Waals surface area contributed by atoms with E-state index < -0.39 is 0 Å². The van der Waals surface area contributed by atoms with Crippen molar-refractivity contribution < 1.29 is 19.1 Å².